The lowest BCUT2D eigenvalue weighted by atomic mass is 10.2. The van der Waals surface area contributed by atoms with Gasteiger partial charge in [-0.25, -0.2) is 4.79 Å². The molecule has 0 fully saturated rings. The van der Waals surface area contributed by atoms with Gasteiger partial charge in [0.25, 0.3) is 14.3 Å². The molecule has 0 aromatic heterocycles. The van der Waals surface area contributed by atoms with E-state index in [4.69, 9.17) is 9.53 Å². The largest absolute Gasteiger partial charge is 0.517 e. The van der Waals surface area contributed by atoms with E-state index in [1.807, 2.05) is 0 Å². The van der Waals surface area contributed by atoms with Crippen molar-refractivity contribution in [1.82, 2.24) is 0 Å². The first kappa shape index (κ1) is 21.9. The molecular formula is C18H34O4Si. The topological polar surface area (TPSA) is 63.6 Å². The van der Waals surface area contributed by atoms with Crippen LogP contribution in [0.1, 0.15) is 75.7 Å². The van der Waals surface area contributed by atoms with Crippen LogP contribution in [-0.2, 0) is 14.0 Å². The lowest BCUT2D eigenvalue weighted by molar-refractivity contribution is -0.135. The van der Waals surface area contributed by atoms with Crippen LogP contribution in [0.4, 0.5) is 0 Å². The van der Waals surface area contributed by atoms with Crippen LogP contribution in [0.2, 0.25) is 15.1 Å². The molecule has 0 aliphatic heterocycles. The number of carboxylic acids is 1. The summed E-state index contributed by atoms with van der Waals surface area (Å²) >= 11 is 0. The van der Waals surface area contributed by atoms with Gasteiger partial charge in [-0.3, -0.25) is 4.79 Å². The van der Waals surface area contributed by atoms with Crippen LogP contribution in [0.5, 0.6) is 0 Å². The van der Waals surface area contributed by atoms with E-state index in [9.17, 15) is 9.59 Å². The minimum atomic E-state index is -2.59. The second-order valence-corrected chi connectivity index (χ2v) is 15.4. The molecule has 0 spiro atoms. The second kappa shape index (κ2) is 6.79. The van der Waals surface area contributed by atoms with Crippen molar-refractivity contribution in [3.8, 4) is 0 Å². The third-order valence-corrected chi connectivity index (χ3v) is 11.2. The van der Waals surface area contributed by atoms with E-state index >= 15 is 0 Å². The molecule has 0 atom stereocenters. The van der Waals surface area contributed by atoms with E-state index in [0.717, 1.165) is 0 Å². The van der Waals surface area contributed by atoms with Crippen LogP contribution in [0.3, 0.4) is 0 Å². The Hall–Kier alpha value is -1.10. The molecule has 0 aliphatic rings. The van der Waals surface area contributed by atoms with Gasteiger partial charge in [-0.05, 0) is 22.0 Å². The molecule has 134 valence electrons. The maximum absolute atomic E-state index is 12.5. The third-order valence-electron chi connectivity index (χ3n) is 4.35. The maximum atomic E-state index is 12.5. The molecule has 0 saturated heterocycles. The minimum Gasteiger partial charge on any atom is -0.517 e. The average Bonchev–Trinajstić information content (AvgIpc) is 2.27. The number of aliphatic carboxylic acids is 1. The molecule has 0 heterocycles. The molecule has 0 rings (SSSR count). The first-order valence-corrected chi connectivity index (χ1v) is 10.00. The van der Waals surface area contributed by atoms with E-state index in [2.05, 4.69) is 62.3 Å². The quantitative estimate of drug-likeness (QED) is 0.556. The van der Waals surface area contributed by atoms with Crippen LogP contribution >= 0.6 is 0 Å². The van der Waals surface area contributed by atoms with Crippen LogP contribution in [0.25, 0.3) is 0 Å². The predicted octanol–water partition coefficient (Wildman–Crippen LogP) is 5.30. The molecule has 0 aliphatic carbocycles. The molecule has 0 saturated carbocycles. The summed E-state index contributed by atoms with van der Waals surface area (Å²) in [7, 11) is -2.59. The van der Waals surface area contributed by atoms with Gasteiger partial charge in [0.15, 0.2) is 0 Å². The van der Waals surface area contributed by atoms with Crippen molar-refractivity contribution < 1.29 is 19.1 Å². The highest BCUT2D eigenvalue weighted by Gasteiger charge is 2.64. The molecule has 23 heavy (non-hydrogen) atoms. The Morgan fingerprint density at radius 3 is 1.52 bits per heavy atom. The number of carboxylic acid groups (broad SMARTS) is 1. The fourth-order valence-corrected chi connectivity index (χ4v) is 12.5. The molecule has 0 radical (unpaired) electrons. The van der Waals surface area contributed by atoms with Crippen molar-refractivity contribution in [3.05, 3.63) is 11.6 Å². The first-order chi connectivity index (χ1) is 9.97. The monoisotopic (exact) mass is 342 g/mol. The van der Waals surface area contributed by atoms with E-state index in [1.165, 1.54) is 13.0 Å². The molecule has 0 aromatic rings. The van der Waals surface area contributed by atoms with E-state index in [-0.39, 0.29) is 33.1 Å². The van der Waals surface area contributed by atoms with Gasteiger partial charge >= 0.3 is 5.97 Å². The zero-order valence-electron chi connectivity index (χ0n) is 16.5. The normalized spacial score (nSPS) is 14.6. The lowest BCUT2D eigenvalue weighted by Gasteiger charge is -2.56. The summed E-state index contributed by atoms with van der Waals surface area (Å²) in [6.45, 7) is 20.7. The fraction of sp³-hybridized carbons (Fsp3) is 0.778. The Kier molecular flexibility index (Phi) is 6.47. The number of hydrogen-bond donors (Lipinski definition) is 1. The zero-order valence-corrected chi connectivity index (χ0v) is 17.5. The smallest absolute Gasteiger partial charge is 0.330 e. The Balaban J connectivity index is 5.81. The molecule has 0 bridgehead atoms. The van der Waals surface area contributed by atoms with Gasteiger partial charge in [0, 0.05) is 5.57 Å². The molecular weight excluding hydrogens is 308 g/mol. The highest BCUT2D eigenvalue weighted by Crippen LogP contribution is 2.62. The Morgan fingerprint density at radius 2 is 1.26 bits per heavy atom. The van der Waals surface area contributed by atoms with Crippen LogP contribution in [0.15, 0.2) is 11.6 Å². The summed E-state index contributed by atoms with van der Waals surface area (Å²) in [6.07, 6.45) is 1.42. The molecule has 0 unspecified atom stereocenters. The van der Waals surface area contributed by atoms with Crippen molar-refractivity contribution in [2.75, 3.05) is 0 Å². The van der Waals surface area contributed by atoms with Crippen molar-refractivity contribution in [1.29, 1.82) is 0 Å². The summed E-state index contributed by atoms with van der Waals surface area (Å²) in [5.74, 6) is -1.35. The van der Waals surface area contributed by atoms with Crippen molar-refractivity contribution in [2.45, 2.75) is 90.8 Å². The summed E-state index contributed by atoms with van der Waals surface area (Å²) in [6, 6.07) is 0. The fourth-order valence-electron chi connectivity index (χ4n) is 4.37. The summed E-state index contributed by atoms with van der Waals surface area (Å²) in [5, 5.41) is 8.46. The Labute approximate surface area is 142 Å². The van der Waals surface area contributed by atoms with Crippen molar-refractivity contribution in [3.63, 3.8) is 0 Å². The number of hydrogen-bond acceptors (Lipinski definition) is 3. The van der Waals surface area contributed by atoms with Crippen LogP contribution < -0.4 is 0 Å². The van der Waals surface area contributed by atoms with Gasteiger partial charge in [0.1, 0.15) is 0 Å². The first-order valence-electron chi connectivity index (χ1n) is 8.09. The third kappa shape index (κ3) is 4.69. The van der Waals surface area contributed by atoms with Crippen LogP contribution in [-0.4, -0.2) is 25.4 Å². The van der Waals surface area contributed by atoms with Crippen molar-refractivity contribution >= 4 is 20.3 Å². The molecule has 0 aromatic carbocycles. The van der Waals surface area contributed by atoms with Gasteiger partial charge in [-0.1, -0.05) is 68.4 Å². The summed E-state index contributed by atoms with van der Waals surface area (Å²) < 4.78 is 6.22. The Morgan fingerprint density at radius 1 is 0.913 bits per heavy atom. The SMILES string of the molecule is CC(=CCC(=O)O[Si](C(C)(C)C)(C(C)(C)C)C(C)(C)C)C(=O)O. The molecule has 4 nitrogen and oxygen atoms in total. The van der Waals surface area contributed by atoms with E-state index < -0.39 is 14.3 Å². The van der Waals surface area contributed by atoms with Crippen molar-refractivity contribution in [2.24, 2.45) is 0 Å². The number of carbonyl (C=O) groups is 2. The second-order valence-electron chi connectivity index (χ2n) is 9.30. The minimum absolute atomic E-state index is 0.00484. The zero-order chi connectivity index (χ0) is 18.9. The molecule has 1 N–H and O–H groups in total. The number of rotatable bonds is 4. The van der Waals surface area contributed by atoms with Gasteiger partial charge in [-0.15, -0.1) is 0 Å². The lowest BCUT2D eigenvalue weighted by Crippen LogP contribution is -2.61. The molecule has 0 amide bonds. The van der Waals surface area contributed by atoms with Gasteiger partial charge in [0.2, 0.25) is 0 Å². The average molecular weight is 343 g/mol. The Bertz CT molecular complexity index is 449. The predicted molar refractivity (Wildman–Crippen MR) is 97.0 cm³/mol. The van der Waals surface area contributed by atoms with Gasteiger partial charge in [-0.2, -0.15) is 0 Å². The van der Waals surface area contributed by atoms with Gasteiger partial charge in [0.05, 0.1) is 6.42 Å². The highest BCUT2D eigenvalue weighted by molar-refractivity contribution is 6.83. The maximum Gasteiger partial charge on any atom is 0.330 e. The van der Waals surface area contributed by atoms with Gasteiger partial charge < -0.3 is 9.53 Å². The summed E-state index contributed by atoms with van der Waals surface area (Å²) in [5.41, 5.74) is 0.163. The molecule has 5 heteroatoms. The van der Waals surface area contributed by atoms with E-state index in [1.54, 1.807) is 0 Å². The van der Waals surface area contributed by atoms with Crippen LogP contribution in [0, 0.1) is 0 Å². The highest BCUT2D eigenvalue weighted by atomic mass is 28.4. The summed E-state index contributed by atoms with van der Waals surface area (Å²) in [4.78, 5) is 23.4. The number of carbonyl (C=O) groups excluding carboxylic acids is 1. The standard InChI is InChI=1S/C18H34O4Si/c1-13(15(20)21)11-12-14(19)22-23(16(2,3)4,17(5,6)7)18(8,9)10/h11H,12H2,1-10H3,(H,20,21). The van der Waals surface area contributed by atoms with E-state index in [0.29, 0.717) is 0 Å².